The summed E-state index contributed by atoms with van der Waals surface area (Å²) in [6.07, 6.45) is 0.145. The highest BCUT2D eigenvalue weighted by molar-refractivity contribution is 5.84. The lowest BCUT2D eigenvalue weighted by Gasteiger charge is -2.13. The minimum absolute atomic E-state index is 0.00978. The normalized spacial score (nSPS) is 11.8. The summed E-state index contributed by atoms with van der Waals surface area (Å²) in [5, 5.41) is 19.8. The van der Waals surface area contributed by atoms with Crippen LogP contribution >= 0.6 is 0 Å². The molecule has 5 heteroatoms. The van der Waals surface area contributed by atoms with Crippen LogP contribution < -0.4 is 5.32 Å². The maximum absolute atomic E-state index is 11.5. The monoisotopic (exact) mass is 237 g/mol. The van der Waals surface area contributed by atoms with Gasteiger partial charge >= 0.3 is 5.97 Å². The zero-order valence-corrected chi connectivity index (χ0v) is 9.30. The quantitative estimate of drug-likeness (QED) is 0.658. The van der Waals surface area contributed by atoms with E-state index in [0.29, 0.717) is 0 Å². The number of carboxylic acids is 1. The Balaban J connectivity index is 2.51. The Labute approximate surface area is 99.1 Å². The molecule has 0 aliphatic rings. The zero-order chi connectivity index (χ0) is 12.7. The average molecular weight is 237 g/mol. The number of aliphatic hydroxyl groups excluding tert-OH is 1. The lowest BCUT2D eigenvalue weighted by molar-refractivity contribution is -0.142. The van der Waals surface area contributed by atoms with E-state index in [0.717, 1.165) is 5.56 Å². The molecule has 1 amide bonds. The molecule has 5 nitrogen and oxygen atoms in total. The van der Waals surface area contributed by atoms with Gasteiger partial charge in [0.15, 0.2) is 0 Å². The number of hydrogen-bond donors (Lipinski definition) is 3. The van der Waals surface area contributed by atoms with Crippen LogP contribution in [0, 0.1) is 0 Å². The predicted molar refractivity (Wildman–Crippen MR) is 61.4 cm³/mol. The first-order valence-corrected chi connectivity index (χ1v) is 5.30. The number of nitrogens with one attached hydrogen (secondary N) is 1. The van der Waals surface area contributed by atoms with Crippen molar-refractivity contribution in [2.45, 2.75) is 18.9 Å². The van der Waals surface area contributed by atoms with Crippen LogP contribution in [0.3, 0.4) is 0 Å². The number of carboxylic acid groups (broad SMARTS) is 1. The topological polar surface area (TPSA) is 86.6 Å². The Morgan fingerprint density at radius 2 is 1.88 bits per heavy atom. The molecule has 0 fully saturated rings. The number of carbonyl (C=O) groups is 2. The highest BCUT2D eigenvalue weighted by Crippen LogP contribution is 2.00. The smallest absolute Gasteiger partial charge is 0.326 e. The van der Waals surface area contributed by atoms with Crippen molar-refractivity contribution in [2.75, 3.05) is 6.61 Å². The van der Waals surface area contributed by atoms with Crippen molar-refractivity contribution in [1.29, 1.82) is 0 Å². The molecule has 0 aliphatic heterocycles. The number of amides is 1. The lowest BCUT2D eigenvalue weighted by Crippen LogP contribution is -2.42. The lowest BCUT2D eigenvalue weighted by atomic mass is 10.1. The van der Waals surface area contributed by atoms with Gasteiger partial charge in [0.05, 0.1) is 6.42 Å². The van der Waals surface area contributed by atoms with Crippen molar-refractivity contribution >= 4 is 11.9 Å². The molecule has 0 unspecified atom stereocenters. The molecule has 3 N–H and O–H groups in total. The van der Waals surface area contributed by atoms with Crippen LogP contribution in [0.5, 0.6) is 0 Å². The molecular weight excluding hydrogens is 222 g/mol. The summed E-state index contributed by atoms with van der Waals surface area (Å²) >= 11 is 0. The van der Waals surface area contributed by atoms with E-state index in [-0.39, 0.29) is 25.4 Å². The molecule has 1 rings (SSSR count). The van der Waals surface area contributed by atoms with Crippen LogP contribution in [0.1, 0.15) is 12.0 Å². The van der Waals surface area contributed by atoms with Gasteiger partial charge in [-0.25, -0.2) is 4.79 Å². The van der Waals surface area contributed by atoms with Crippen molar-refractivity contribution < 1.29 is 19.8 Å². The second-order valence-corrected chi connectivity index (χ2v) is 3.63. The first-order valence-electron chi connectivity index (χ1n) is 5.30. The minimum atomic E-state index is -1.14. The van der Waals surface area contributed by atoms with Crippen LogP contribution in [0.15, 0.2) is 30.3 Å². The van der Waals surface area contributed by atoms with E-state index in [1.165, 1.54) is 0 Å². The third kappa shape index (κ3) is 4.65. The van der Waals surface area contributed by atoms with Gasteiger partial charge < -0.3 is 15.5 Å². The van der Waals surface area contributed by atoms with E-state index >= 15 is 0 Å². The summed E-state index contributed by atoms with van der Waals surface area (Å²) in [7, 11) is 0. The molecule has 92 valence electrons. The molecule has 0 aromatic heterocycles. The molecule has 0 heterocycles. The Morgan fingerprint density at radius 1 is 1.24 bits per heavy atom. The first kappa shape index (κ1) is 13.2. The largest absolute Gasteiger partial charge is 0.480 e. The van der Waals surface area contributed by atoms with Gasteiger partial charge in [0.2, 0.25) is 5.91 Å². The second-order valence-electron chi connectivity index (χ2n) is 3.63. The summed E-state index contributed by atoms with van der Waals surface area (Å²) in [4.78, 5) is 22.3. The first-order chi connectivity index (χ1) is 8.13. The van der Waals surface area contributed by atoms with E-state index in [1.807, 2.05) is 18.2 Å². The molecular formula is C12H15NO4. The summed E-state index contributed by atoms with van der Waals surface area (Å²) in [5.41, 5.74) is 0.818. The molecule has 0 saturated carbocycles. The Morgan fingerprint density at radius 3 is 2.41 bits per heavy atom. The van der Waals surface area contributed by atoms with Gasteiger partial charge in [-0.15, -0.1) is 0 Å². The van der Waals surface area contributed by atoms with Gasteiger partial charge in [-0.2, -0.15) is 0 Å². The van der Waals surface area contributed by atoms with Crippen LogP contribution in [0.25, 0.3) is 0 Å². The average Bonchev–Trinajstić information content (AvgIpc) is 2.29. The Hall–Kier alpha value is -1.88. The fourth-order valence-electron chi connectivity index (χ4n) is 1.41. The maximum Gasteiger partial charge on any atom is 0.326 e. The molecule has 1 aromatic carbocycles. The highest BCUT2D eigenvalue weighted by atomic mass is 16.4. The summed E-state index contributed by atoms with van der Waals surface area (Å²) in [5.74, 6) is -1.50. The van der Waals surface area contributed by atoms with Gasteiger partial charge in [0.25, 0.3) is 0 Å². The number of rotatable bonds is 6. The summed E-state index contributed by atoms with van der Waals surface area (Å²) in [6.45, 7) is -0.275. The van der Waals surface area contributed by atoms with Crippen molar-refractivity contribution in [3.8, 4) is 0 Å². The number of aliphatic hydroxyl groups is 1. The van der Waals surface area contributed by atoms with Gasteiger partial charge in [-0.05, 0) is 5.56 Å². The fourth-order valence-corrected chi connectivity index (χ4v) is 1.41. The predicted octanol–water partition coefficient (Wildman–Crippen LogP) is 0.181. The second kappa shape index (κ2) is 6.65. The third-order valence-corrected chi connectivity index (χ3v) is 2.26. The van der Waals surface area contributed by atoms with Gasteiger partial charge in [0, 0.05) is 13.0 Å². The van der Waals surface area contributed by atoms with E-state index < -0.39 is 12.0 Å². The maximum atomic E-state index is 11.5. The summed E-state index contributed by atoms with van der Waals surface area (Å²) in [6, 6.07) is 8.02. The molecule has 0 saturated heterocycles. The molecule has 17 heavy (non-hydrogen) atoms. The van der Waals surface area contributed by atoms with E-state index in [2.05, 4.69) is 5.32 Å². The van der Waals surface area contributed by atoms with Crippen molar-refractivity contribution in [1.82, 2.24) is 5.32 Å². The Bertz CT molecular complexity index is 377. The van der Waals surface area contributed by atoms with E-state index in [1.54, 1.807) is 12.1 Å². The molecule has 0 bridgehead atoms. The van der Waals surface area contributed by atoms with Crippen molar-refractivity contribution in [3.05, 3.63) is 35.9 Å². The van der Waals surface area contributed by atoms with Gasteiger partial charge in [-0.3, -0.25) is 4.79 Å². The molecule has 0 spiro atoms. The number of carbonyl (C=O) groups excluding carboxylic acids is 1. The zero-order valence-electron chi connectivity index (χ0n) is 9.30. The molecule has 0 aliphatic carbocycles. The minimum Gasteiger partial charge on any atom is -0.480 e. The molecule has 1 aromatic rings. The van der Waals surface area contributed by atoms with Crippen LogP contribution in [-0.4, -0.2) is 34.7 Å². The number of hydrogen-bond acceptors (Lipinski definition) is 3. The molecule has 0 radical (unpaired) electrons. The Kier molecular flexibility index (Phi) is 5.16. The highest BCUT2D eigenvalue weighted by Gasteiger charge is 2.18. The van der Waals surface area contributed by atoms with Gasteiger partial charge in [-0.1, -0.05) is 30.3 Å². The van der Waals surface area contributed by atoms with Crippen molar-refractivity contribution in [2.24, 2.45) is 0 Å². The number of benzene rings is 1. The fraction of sp³-hybridized carbons (Fsp3) is 0.333. The van der Waals surface area contributed by atoms with Gasteiger partial charge in [0.1, 0.15) is 6.04 Å². The van der Waals surface area contributed by atoms with E-state index in [9.17, 15) is 9.59 Å². The summed E-state index contributed by atoms with van der Waals surface area (Å²) < 4.78 is 0. The van der Waals surface area contributed by atoms with Crippen LogP contribution in [0.4, 0.5) is 0 Å². The number of aliphatic carboxylic acids is 1. The van der Waals surface area contributed by atoms with Crippen LogP contribution in [-0.2, 0) is 16.0 Å². The molecule has 1 atom stereocenters. The third-order valence-electron chi connectivity index (χ3n) is 2.26. The SMILES string of the molecule is O=C(Cc1ccccc1)N[C@H](CCO)C(=O)O. The van der Waals surface area contributed by atoms with Crippen LogP contribution in [0.2, 0.25) is 0 Å². The van der Waals surface area contributed by atoms with Crippen molar-refractivity contribution in [3.63, 3.8) is 0 Å². The standard InChI is InChI=1S/C12H15NO4/c14-7-6-10(12(16)17)13-11(15)8-9-4-2-1-3-5-9/h1-5,10,14H,6-8H2,(H,13,15)(H,16,17)/t10-/m1/s1. The van der Waals surface area contributed by atoms with E-state index in [4.69, 9.17) is 10.2 Å².